The average Bonchev–Trinajstić information content (AvgIpc) is 3.40. The van der Waals surface area contributed by atoms with Gasteiger partial charge in [0.2, 0.25) is 0 Å². The lowest BCUT2D eigenvalue weighted by atomic mass is 10.0. The SMILES string of the molecule is C[C@H](Cn1cnc2c(N)ncnc21)OCP(=O)(O)OCCOCCCCCCCCCCCC[Si](C)(C)C1CCCCC1. The molecule has 10 nitrogen and oxygen atoms in total. The van der Waals surface area contributed by atoms with Crippen LogP contribution in [-0.4, -0.2) is 64.8 Å². The number of anilines is 1. The van der Waals surface area contributed by atoms with E-state index >= 15 is 0 Å². The largest absolute Gasteiger partial charge is 0.382 e. The van der Waals surface area contributed by atoms with E-state index in [9.17, 15) is 9.46 Å². The van der Waals surface area contributed by atoms with Crippen molar-refractivity contribution in [3.05, 3.63) is 12.7 Å². The first-order chi connectivity index (χ1) is 20.7. The molecule has 3 rings (SSSR count). The average molecular weight is 640 g/mol. The highest BCUT2D eigenvalue weighted by Gasteiger charge is 2.31. The summed E-state index contributed by atoms with van der Waals surface area (Å²) < 4.78 is 30.4. The Labute approximate surface area is 260 Å². The van der Waals surface area contributed by atoms with Crippen LogP contribution in [0.4, 0.5) is 5.82 Å². The fourth-order valence-electron chi connectivity index (χ4n) is 6.25. The summed E-state index contributed by atoms with van der Waals surface area (Å²) in [5.41, 5.74) is 8.02. The van der Waals surface area contributed by atoms with Crippen LogP contribution in [0.25, 0.3) is 11.2 Å². The first kappa shape index (κ1) is 36.1. The fourth-order valence-corrected chi connectivity index (χ4v) is 10.7. The number of hydrogen-bond donors (Lipinski definition) is 2. The van der Waals surface area contributed by atoms with Crippen molar-refractivity contribution in [1.29, 1.82) is 0 Å². The number of nitrogen functional groups attached to an aromatic ring is 1. The summed E-state index contributed by atoms with van der Waals surface area (Å²) in [7, 11) is -4.86. The molecule has 0 spiro atoms. The zero-order chi connectivity index (χ0) is 31.0. The van der Waals surface area contributed by atoms with E-state index in [2.05, 4.69) is 28.0 Å². The van der Waals surface area contributed by atoms with E-state index < -0.39 is 22.0 Å². The molecule has 1 unspecified atom stereocenters. The number of nitrogens with two attached hydrogens (primary N) is 1. The van der Waals surface area contributed by atoms with Gasteiger partial charge in [0.1, 0.15) is 18.2 Å². The number of nitrogens with zero attached hydrogens (tertiary/aromatic N) is 4. The van der Waals surface area contributed by atoms with Crippen LogP contribution in [0.15, 0.2) is 12.7 Å². The Morgan fingerprint density at radius 2 is 1.60 bits per heavy atom. The summed E-state index contributed by atoms with van der Waals surface area (Å²) in [4.78, 5) is 22.4. The number of imidazole rings is 1. The lowest BCUT2D eigenvalue weighted by Crippen LogP contribution is -2.33. The van der Waals surface area contributed by atoms with Gasteiger partial charge in [0.15, 0.2) is 11.5 Å². The third-order valence-electron chi connectivity index (χ3n) is 9.00. The van der Waals surface area contributed by atoms with Crippen molar-refractivity contribution in [3.8, 4) is 0 Å². The van der Waals surface area contributed by atoms with Crippen molar-refractivity contribution in [2.45, 2.75) is 141 Å². The Balaban J connectivity index is 1.09. The molecule has 0 saturated heterocycles. The van der Waals surface area contributed by atoms with Crippen LogP contribution in [0.5, 0.6) is 0 Å². The van der Waals surface area contributed by atoms with Gasteiger partial charge < -0.3 is 29.2 Å². The molecule has 0 bridgehead atoms. The minimum atomic E-state index is -3.86. The van der Waals surface area contributed by atoms with Gasteiger partial charge in [-0.3, -0.25) is 4.57 Å². The molecule has 0 amide bonds. The predicted molar refractivity (Wildman–Crippen MR) is 177 cm³/mol. The lowest BCUT2D eigenvalue weighted by molar-refractivity contribution is 0.0610. The monoisotopic (exact) mass is 639 g/mol. The van der Waals surface area contributed by atoms with E-state index in [1.807, 2.05) is 0 Å². The second-order valence-corrected chi connectivity index (χ2v) is 20.2. The van der Waals surface area contributed by atoms with Crippen LogP contribution < -0.4 is 5.73 Å². The molecular weight excluding hydrogens is 581 g/mol. The Morgan fingerprint density at radius 3 is 2.30 bits per heavy atom. The van der Waals surface area contributed by atoms with Gasteiger partial charge in [0, 0.05) is 6.61 Å². The summed E-state index contributed by atoms with van der Waals surface area (Å²) in [5, 5.41) is 0. The van der Waals surface area contributed by atoms with Gasteiger partial charge in [-0.25, -0.2) is 15.0 Å². The third-order valence-corrected chi connectivity index (χ3v) is 14.5. The molecule has 2 heterocycles. The van der Waals surface area contributed by atoms with Crippen LogP contribution in [0.2, 0.25) is 24.7 Å². The normalized spacial score (nSPS) is 16.9. The van der Waals surface area contributed by atoms with E-state index in [0.29, 0.717) is 36.7 Å². The highest BCUT2D eigenvalue weighted by Crippen LogP contribution is 2.42. The highest BCUT2D eigenvalue weighted by molar-refractivity contribution is 7.52. The molecule has 1 aliphatic carbocycles. The topological polar surface area (TPSA) is 135 Å². The first-order valence-electron chi connectivity index (χ1n) is 16.7. The summed E-state index contributed by atoms with van der Waals surface area (Å²) >= 11 is 0. The molecule has 246 valence electrons. The summed E-state index contributed by atoms with van der Waals surface area (Å²) in [5.74, 6) is 0.309. The van der Waals surface area contributed by atoms with Crippen molar-refractivity contribution in [2.24, 2.45) is 0 Å². The van der Waals surface area contributed by atoms with Crippen molar-refractivity contribution in [1.82, 2.24) is 19.5 Å². The molecule has 3 N–H and O–H groups in total. The second-order valence-electron chi connectivity index (χ2n) is 13.1. The number of ether oxygens (including phenoxy) is 2. The first-order valence-corrected chi connectivity index (χ1v) is 21.8. The van der Waals surface area contributed by atoms with E-state index in [4.69, 9.17) is 19.7 Å². The minimum absolute atomic E-state index is 0.0636. The molecule has 12 heteroatoms. The van der Waals surface area contributed by atoms with Crippen LogP contribution in [0.3, 0.4) is 0 Å². The molecule has 0 radical (unpaired) electrons. The molecule has 1 saturated carbocycles. The van der Waals surface area contributed by atoms with Gasteiger partial charge >= 0.3 is 7.60 Å². The summed E-state index contributed by atoms with van der Waals surface area (Å²) in [6.45, 7) is 8.51. The van der Waals surface area contributed by atoms with Gasteiger partial charge in [0.25, 0.3) is 0 Å². The Kier molecular flexibility index (Phi) is 16.1. The molecule has 2 aromatic heterocycles. The molecule has 2 aromatic rings. The van der Waals surface area contributed by atoms with Gasteiger partial charge in [-0.05, 0) is 18.9 Å². The molecule has 43 heavy (non-hydrogen) atoms. The van der Waals surface area contributed by atoms with Gasteiger partial charge in [0.05, 0.1) is 40.3 Å². The van der Waals surface area contributed by atoms with Crippen LogP contribution >= 0.6 is 7.60 Å². The number of fused-ring (bicyclic) bond motifs is 1. The number of aromatic nitrogens is 4. The van der Waals surface area contributed by atoms with Crippen LogP contribution in [0, 0.1) is 0 Å². The zero-order valence-electron chi connectivity index (χ0n) is 27.1. The number of rotatable bonds is 23. The molecule has 1 fully saturated rings. The molecule has 0 aromatic carbocycles. The van der Waals surface area contributed by atoms with Crippen molar-refractivity contribution in [2.75, 3.05) is 31.9 Å². The zero-order valence-corrected chi connectivity index (χ0v) is 28.9. The standard InChI is InChI=1S/C31H58N5O5PSi/c1-27(23-36-25-35-29-30(32)33-24-34-31(29)36)40-26-42(37,38)41-21-20-39-19-15-10-8-6-4-5-7-9-11-16-22-43(2,3)28-17-13-12-14-18-28/h24-25,27-28H,4-23,26H2,1-3H3,(H,37,38)(H2,32,33,34)/t27-/m1/s1. The smallest absolute Gasteiger partial charge is 0.353 e. The van der Waals surface area contributed by atoms with Crippen molar-refractivity contribution >= 4 is 32.7 Å². The maximum absolute atomic E-state index is 12.3. The fraction of sp³-hybridized carbons (Fsp3) is 0.839. The number of unbranched alkanes of at least 4 members (excludes halogenated alkanes) is 9. The predicted octanol–water partition coefficient (Wildman–Crippen LogP) is 7.93. The molecule has 2 atom stereocenters. The maximum atomic E-state index is 12.3. The quantitative estimate of drug-likeness (QED) is 0.0706. The third kappa shape index (κ3) is 13.7. The van der Waals surface area contributed by atoms with Gasteiger partial charge in [-0.2, -0.15) is 0 Å². The van der Waals surface area contributed by atoms with Crippen molar-refractivity contribution in [3.63, 3.8) is 0 Å². The van der Waals surface area contributed by atoms with Crippen LogP contribution in [-0.2, 0) is 25.1 Å². The Hall–Kier alpha value is -1.36. The van der Waals surface area contributed by atoms with Crippen molar-refractivity contribution < 1.29 is 23.5 Å². The van der Waals surface area contributed by atoms with Crippen LogP contribution in [0.1, 0.15) is 103 Å². The minimum Gasteiger partial charge on any atom is -0.382 e. The van der Waals surface area contributed by atoms with E-state index in [1.165, 1.54) is 95.8 Å². The molecular formula is C31H58N5O5PSi. The highest BCUT2D eigenvalue weighted by atomic mass is 31.2. The molecule has 1 aliphatic rings. The van der Waals surface area contributed by atoms with E-state index in [1.54, 1.807) is 17.8 Å². The lowest BCUT2D eigenvalue weighted by Gasteiger charge is -2.35. The maximum Gasteiger partial charge on any atom is 0.353 e. The number of hydrogen-bond acceptors (Lipinski definition) is 8. The molecule has 0 aliphatic heterocycles. The second kappa shape index (κ2) is 19.2. The van der Waals surface area contributed by atoms with Gasteiger partial charge in [-0.15, -0.1) is 0 Å². The van der Waals surface area contributed by atoms with E-state index in [-0.39, 0.29) is 12.7 Å². The summed E-state index contributed by atoms with van der Waals surface area (Å²) in [6, 6.07) is 1.54. The van der Waals surface area contributed by atoms with E-state index in [0.717, 1.165) is 18.4 Å². The summed E-state index contributed by atoms with van der Waals surface area (Å²) in [6.07, 6.45) is 22.8. The Bertz CT molecular complexity index is 1100. The van der Waals surface area contributed by atoms with Gasteiger partial charge in [-0.1, -0.05) is 109 Å². The Morgan fingerprint density at radius 1 is 0.953 bits per heavy atom.